The second-order valence-corrected chi connectivity index (χ2v) is 9.34. The lowest BCUT2D eigenvalue weighted by molar-refractivity contribution is 0.191. The Hall–Kier alpha value is -2.89. The number of allylic oxidation sites excluding steroid dienone is 1. The first-order chi connectivity index (χ1) is 19.9. The van der Waals surface area contributed by atoms with Crippen LogP contribution in [0.4, 0.5) is 0 Å². The number of phenolic OH excluding ortho intramolecular Hbond substituents is 2. The summed E-state index contributed by atoms with van der Waals surface area (Å²) >= 11 is 1.44. The third-order valence-electron chi connectivity index (χ3n) is 5.74. The number of benzene rings is 3. The molecule has 1 saturated heterocycles. The Morgan fingerprint density at radius 2 is 1.79 bits per heavy atom. The molecule has 2 aliphatic heterocycles. The number of thioether (sulfide) groups is 1. The van der Waals surface area contributed by atoms with Crippen molar-refractivity contribution in [2.45, 2.75) is 36.3 Å². The van der Waals surface area contributed by atoms with Gasteiger partial charge in [0.2, 0.25) is 0 Å². The summed E-state index contributed by atoms with van der Waals surface area (Å²) in [4.78, 5) is 2.02. The van der Waals surface area contributed by atoms with Crippen molar-refractivity contribution in [1.29, 1.82) is 0 Å². The molecular weight excluding hydrogens is 430 g/mol. The minimum Gasteiger partial charge on any atom is -0.508 e. The van der Waals surface area contributed by atoms with Crippen LogP contribution in [0.25, 0.3) is 11.1 Å². The predicted molar refractivity (Wildman–Crippen MR) is 135 cm³/mol. The van der Waals surface area contributed by atoms with E-state index in [1.54, 1.807) is 24.3 Å². The molecule has 1 atom stereocenters. The molecule has 0 aromatic heterocycles. The van der Waals surface area contributed by atoms with Gasteiger partial charge in [-0.3, -0.25) is 0 Å². The topological polar surface area (TPSA) is 52.9 Å². The van der Waals surface area contributed by atoms with Gasteiger partial charge in [-0.1, -0.05) is 31.1 Å². The van der Waals surface area contributed by atoms with Crippen molar-refractivity contribution in [2.75, 3.05) is 19.6 Å². The zero-order valence-corrected chi connectivity index (χ0v) is 18.4. The van der Waals surface area contributed by atoms with Crippen LogP contribution in [0.15, 0.2) is 71.6 Å². The Bertz CT molecular complexity index is 1530. The van der Waals surface area contributed by atoms with Crippen molar-refractivity contribution in [3.05, 3.63) is 83.4 Å². The number of nitrogens with zero attached hydrogens (tertiary/aromatic N) is 1. The van der Waals surface area contributed by atoms with E-state index in [0.717, 1.165) is 4.90 Å². The molecule has 3 aromatic rings. The van der Waals surface area contributed by atoms with Gasteiger partial charge in [-0.2, -0.15) is 0 Å². The molecule has 2 heterocycles. The Morgan fingerprint density at radius 3 is 2.52 bits per heavy atom. The summed E-state index contributed by atoms with van der Waals surface area (Å²) in [6.07, 6.45) is -3.90. The van der Waals surface area contributed by atoms with Gasteiger partial charge in [-0.05, 0) is 72.8 Å². The van der Waals surface area contributed by atoms with Crippen molar-refractivity contribution in [2.24, 2.45) is 0 Å². The van der Waals surface area contributed by atoms with E-state index in [9.17, 15) is 10.2 Å². The summed E-state index contributed by atoms with van der Waals surface area (Å²) in [5, 5.41) is 19.9. The Balaban J connectivity index is 1.42. The summed E-state index contributed by atoms with van der Waals surface area (Å²) in [7, 11) is 0. The van der Waals surface area contributed by atoms with E-state index in [2.05, 4.69) is 0 Å². The van der Waals surface area contributed by atoms with Crippen LogP contribution < -0.4 is 4.74 Å². The molecule has 0 radical (unpaired) electrons. The van der Waals surface area contributed by atoms with Gasteiger partial charge in [-0.15, -0.1) is 11.8 Å². The minimum atomic E-state index is -3.11. The van der Waals surface area contributed by atoms with Gasteiger partial charge in [-0.25, -0.2) is 0 Å². The highest BCUT2D eigenvalue weighted by molar-refractivity contribution is 8.00. The standard InChI is InChI=1S/C28H29NO3S/c1-3-14-29-16-24(17-29)33-23-11-6-20(7-12-23)28-27(19-4-8-21(30)9-5-19)18(2)25-13-10-22(31)15-26(25)32-28/h4-13,15,24,28,30-31H,3,14,16-17H2,1-2H3/i1D3,2D3,3D2,14D2. The highest BCUT2D eigenvalue weighted by atomic mass is 32.2. The van der Waals surface area contributed by atoms with Gasteiger partial charge < -0.3 is 19.8 Å². The van der Waals surface area contributed by atoms with Crippen molar-refractivity contribution in [3.8, 4) is 17.2 Å². The highest BCUT2D eigenvalue weighted by Crippen LogP contribution is 2.47. The van der Waals surface area contributed by atoms with E-state index < -0.39 is 32.7 Å². The van der Waals surface area contributed by atoms with Gasteiger partial charge >= 0.3 is 0 Å². The molecule has 4 nitrogen and oxygen atoms in total. The normalized spacial score (nSPS) is 24.7. The third kappa shape index (κ3) is 4.48. The molecule has 2 N–H and O–H groups in total. The summed E-state index contributed by atoms with van der Waals surface area (Å²) in [6, 6.07) is 17.7. The maximum atomic E-state index is 10.1. The molecule has 0 bridgehead atoms. The van der Waals surface area contributed by atoms with Crippen molar-refractivity contribution < 1.29 is 28.7 Å². The first-order valence-corrected chi connectivity index (χ1v) is 11.3. The lowest BCUT2D eigenvalue weighted by Crippen LogP contribution is -2.48. The van der Waals surface area contributed by atoms with Crippen molar-refractivity contribution >= 4 is 22.9 Å². The van der Waals surface area contributed by atoms with Gasteiger partial charge in [0.05, 0.1) is 0 Å². The number of hydrogen-bond acceptors (Lipinski definition) is 5. The van der Waals surface area contributed by atoms with Gasteiger partial charge in [0.15, 0.2) is 0 Å². The lowest BCUT2D eigenvalue weighted by atomic mass is 9.86. The van der Waals surface area contributed by atoms with Crippen LogP contribution in [-0.2, 0) is 0 Å². The molecule has 0 spiro atoms. The van der Waals surface area contributed by atoms with E-state index in [1.807, 2.05) is 12.1 Å². The second-order valence-electron chi connectivity index (χ2n) is 7.96. The Morgan fingerprint density at radius 1 is 1.03 bits per heavy atom. The van der Waals surface area contributed by atoms with Crippen LogP contribution in [0.1, 0.15) is 56.6 Å². The fraction of sp³-hybridized carbons (Fsp3) is 0.286. The lowest BCUT2D eigenvalue weighted by Gasteiger charge is -2.38. The molecule has 5 heteroatoms. The zero-order valence-electron chi connectivity index (χ0n) is 27.6. The summed E-state index contributed by atoms with van der Waals surface area (Å²) in [6.45, 7) is -7.99. The molecule has 1 unspecified atom stereocenters. The van der Waals surface area contributed by atoms with Crippen LogP contribution >= 0.6 is 11.8 Å². The molecule has 170 valence electrons. The van der Waals surface area contributed by atoms with E-state index in [1.165, 1.54) is 47.0 Å². The number of rotatable bonds is 6. The molecule has 0 saturated carbocycles. The molecule has 3 aromatic carbocycles. The maximum Gasteiger partial charge on any atom is 0.150 e. The average Bonchev–Trinajstić information content (AvgIpc) is 2.88. The summed E-state index contributed by atoms with van der Waals surface area (Å²) in [5.74, 6) is 0.169. The number of phenols is 2. The number of ether oxygens (including phenoxy) is 1. The van der Waals surface area contributed by atoms with Crippen LogP contribution in [0.2, 0.25) is 0 Å². The van der Waals surface area contributed by atoms with Crippen LogP contribution in [0.5, 0.6) is 17.2 Å². The summed E-state index contributed by atoms with van der Waals surface area (Å²) < 4.78 is 85.7. The van der Waals surface area contributed by atoms with Gasteiger partial charge in [0.1, 0.15) is 23.4 Å². The predicted octanol–water partition coefficient (Wildman–Crippen LogP) is 6.35. The fourth-order valence-electron chi connectivity index (χ4n) is 4.05. The number of aromatic hydroxyl groups is 2. The SMILES string of the molecule is [2H]C([2H])([2H])C1=C(c2ccc(O)cc2)C(c2ccc(SC3CN(C([2H])([2H])C([2H])([2H])C([2H])([2H])[2H])C3)cc2)Oc2cc(O)ccc21. The molecule has 0 aliphatic carbocycles. The van der Waals surface area contributed by atoms with E-state index in [0.29, 0.717) is 22.3 Å². The molecule has 0 amide bonds. The van der Waals surface area contributed by atoms with Crippen molar-refractivity contribution in [3.63, 3.8) is 0 Å². The maximum absolute atomic E-state index is 10.1. The van der Waals surface area contributed by atoms with Crippen LogP contribution in [0, 0.1) is 0 Å². The fourth-order valence-corrected chi connectivity index (χ4v) is 5.23. The minimum absolute atomic E-state index is 0.0249. The smallest absolute Gasteiger partial charge is 0.150 e. The zero-order chi connectivity index (χ0) is 31.5. The Labute approximate surface area is 213 Å². The third-order valence-corrected chi connectivity index (χ3v) is 6.91. The number of hydrogen-bond donors (Lipinski definition) is 2. The number of likely N-dealkylation sites (tertiary alicyclic amines) is 1. The van der Waals surface area contributed by atoms with E-state index >= 15 is 0 Å². The largest absolute Gasteiger partial charge is 0.508 e. The van der Waals surface area contributed by atoms with Gasteiger partial charge in [0, 0.05) is 54.1 Å². The first kappa shape index (κ1) is 13.1. The quantitative estimate of drug-likeness (QED) is 0.441. The van der Waals surface area contributed by atoms with E-state index in [-0.39, 0.29) is 41.2 Å². The second kappa shape index (κ2) is 9.16. The molecule has 33 heavy (non-hydrogen) atoms. The monoisotopic (exact) mass is 469 g/mol. The molecule has 5 rings (SSSR count). The molecule has 2 aliphatic rings. The van der Waals surface area contributed by atoms with E-state index in [4.69, 9.17) is 18.4 Å². The van der Waals surface area contributed by atoms with Crippen LogP contribution in [-0.4, -0.2) is 39.9 Å². The van der Waals surface area contributed by atoms with Gasteiger partial charge in [0.25, 0.3) is 0 Å². The average molecular weight is 470 g/mol. The highest BCUT2D eigenvalue weighted by Gasteiger charge is 2.30. The Kier molecular flexibility index (Phi) is 3.64. The number of fused-ring (bicyclic) bond motifs is 1. The first-order valence-electron chi connectivity index (χ1n) is 15.5. The van der Waals surface area contributed by atoms with Crippen molar-refractivity contribution in [1.82, 2.24) is 4.90 Å². The molecule has 1 fully saturated rings. The molecular formula is C28H29NO3S. The summed E-state index contributed by atoms with van der Waals surface area (Å²) in [5.41, 5.74) is 2.00. The van der Waals surface area contributed by atoms with Crippen LogP contribution in [0.3, 0.4) is 0 Å².